The summed E-state index contributed by atoms with van der Waals surface area (Å²) in [6.45, 7) is 8.31. The van der Waals surface area contributed by atoms with E-state index in [1.807, 2.05) is 62.1 Å². The van der Waals surface area contributed by atoms with Gasteiger partial charge in [0, 0.05) is 56.4 Å². The highest BCUT2D eigenvalue weighted by molar-refractivity contribution is 7.86. The molecule has 9 heteroatoms. The number of hydrogen-bond donors (Lipinski definition) is 1. The molecule has 36 heavy (non-hydrogen) atoms. The van der Waals surface area contributed by atoms with Gasteiger partial charge >= 0.3 is 0 Å². The van der Waals surface area contributed by atoms with Crippen LogP contribution in [-0.4, -0.2) is 61.6 Å². The van der Waals surface area contributed by atoms with Gasteiger partial charge in [-0.15, -0.1) is 0 Å². The van der Waals surface area contributed by atoms with Gasteiger partial charge < -0.3 is 10.2 Å². The Bertz CT molecular complexity index is 1220. The second-order valence-corrected chi connectivity index (χ2v) is 11.5. The summed E-state index contributed by atoms with van der Waals surface area (Å²) >= 11 is 0. The van der Waals surface area contributed by atoms with Crippen LogP contribution in [0.15, 0.2) is 42.5 Å². The molecule has 0 saturated carbocycles. The minimum atomic E-state index is -3.46. The van der Waals surface area contributed by atoms with Crippen molar-refractivity contribution in [2.45, 2.75) is 46.6 Å². The molecule has 0 spiro atoms. The minimum absolute atomic E-state index is 0.00727. The molecule has 194 valence electrons. The average Bonchev–Trinajstić information content (AvgIpc) is 3.30. The quantitative estimate of drug-likeness (QED) is 0.589. The summed E-state index contributed by atoms with van der Waals surface area (Å²) in [4.78, 5) is 27.6. The van der Waals surface area contributed by atoms with E-state index >= 15 is 0 Å². The van der Waals surface area contributed by atoms with Crippen LogP contribution in [0.4, 0.5) is 5.69 Å². The third-order valence-corrected chi connectivity index (χ3v) is 9.39. The monoisotopic (exact) mass is 512 g/mol. The molecule has 0 aliphatic carbocycles. The summed E-state index contributed by atoms with van der Waals surface area (Å²) in [5.74, 6) is -0.218. The number of carbonyl (C=O) groups excluding carboxylic acids is 2. The maximum atomic E-state index is 13.0. The summed E-state index contributed by atoms with van der Waals surface area (Å²) in [5.41, 5.74) is 4.78. The van der Waals surface area contributed by atoms with Crippen molar-refractivity contribution in [2.24, 2.45) is 5.92 Å². The Balaban J connectivity index is 1.32. The van der Waals surface area contributed by atoms with E-state index in [4.69, 9.17) is 0 Å². The fraction of sp³-hybridized carbons (Fsp3) is 0.481. The van der Waals surface area contributed by atoms with Crippen molar-refractivity contribution in [3.05, 3.63) is 64.7 Å². The third kappa shape index (κ3) is 5.48. The average molecular weight is 513 g/mol. The van der Waals surface area contributed by atoms with Gasteiger partial charge in [-0.25, -0.2) is 0 Å². The second kappa shape index (κ2) is 11.1. The van der Waals surface area contributed by atoms with Crippen molar-refractivity contribution < 1.29 is 18.0 Å². The van der Waals surface area contributed by atoms with Gasteiger partial charge in [0.2, 0.25) is 5.91 Å². The van der Waals surface area contributed by atoms with Gasteiger partial charge in [0.1, 0.15) is 0 Å². The van der Waals surface area contributed by atoms with Crippen molar-refractivity contribution in [1.82, 2.24) is 13.9 Å². The van der Waals surface area contributed by atoms with Crippen LogP contribution in [0.3, 0.4) is 0 Å². The van der Waals surface area contributed by atoms with Crippen molar-refractivity contribution in [1.29, 1.82) is 0 Å². The van der Waals surface area contributed by atoms with Crippen LogP contribution in [0, 0.1) is 12.8 Å². The zero-order valence-corrected chi connectivity index (χ0v) is 22.2. The Morgan fingerprint density at radius 2 is 1.75 bits per heavy atom. The topological polar surface area (TPSA) is 90.0 Å². The largest absolute Gasteiger partial charge is 0.352 e. The molecule has 1 fully saturated rings. The Hall–Kier alpha value is -2.75. The van der Waals surface area contributed by atoms with Crippen LogP contribution >= 0.6 is 0 Å². The minimum Gasteiger partial charge on any atom is -0.352 e. The van der Waals surface area contributed by atoms with Gasteiger partial charge in [0.15, 0.2) is 0 Å². The summed E-state index contributed by atoms with van der Waals surface area (Å²) in [5, 5.41) is 3.03. The number of rotatable bonds is 8. The number of aryl methyl sites for hydroxylation is 1. The number of fused-ring (bicyclic) bond motifs is 1. The van der Waals surface area contributed by atoms with Crippen molar-refractivity contribution >= 4 is 27.7 Å². The summed E-state index contributed by atoms with van der Waals surface area (Å²) in [6.07, 6.45) is 1.83. The summed E-state index contributed by atoms with van der Waals surface area (Å²) < 4.78 is 28.4. The highest BCUT2D eigenvalue weighted by Gasteiger charge is 2.33. The van der Waals surface area contributed by atoms with Gasteiger partial charge in [0.05, 0.1) is 0 Å². The predicted octanol–water partition coefficient (Wildman–Crippen LogP) is 3.11. The van der Waals surface area contributed by atoms with Gasteiger partial charge in [0.25, 0.3) is 16.1 Å². The highest BCUT2D eigenvalue weighted by atomic mass is 32.2. The molecular formula is C27H36N4O4S. The normalized spacial score (nSPS) is 16.8. The van der Waals surface area contributed by atoms with Crippen LogP contribution in [0.1, 0.15) is 53.7 Å². The lowest BCUT2D eigenvalue weighted by molar-refractivity contribution is -0.126. The fourth-order valence-electron chi connectivity index (χ4n) is 5.11. The maximum Gasteiger partial charge on any atom is 0.281 e. The molecule has 1 N–H and O–H groups in total. The standard InChI is InChI=1S/C27H36N4O4S/c1-4-29(5-2)36(34,35)30-14-11-22(12-15-30)26(32)28-19-21-9-10-25-23(18-21)13-16-31(25)27(33)24-8-6-7-20(3)17-24/h6-10,17-18,22H,4-5,11-16,19H2,1-3H3,(H,28,32). The summed E-state index contributed by atoms with van der Waals surface area (Å²) in [7, 11) is -3.46. The lowest BCUT2D eigenvalue weighted by Crippen LogP contribution is -2.48. The molecule has 0 unspecified atom stereocenters. The van der Waals surface area contributed by atoms with E-state index in [9.17, 15) is 18.0 Å². The van der Waals surface area contributed by atoms with Gasteiger partial charge in [-0.2, -0.15) is 17.0 Å². The second-order valence-electron chi connectivity index (χ2n) is 9.52. The molecule has 0 atom stereocenters. The smallest absolute Gasteiger partial charge is 0.281 e. The first kappa shape index (κ1) is 26.3. The van der Waals surface area contributed by atoms with Crippen LogP contribution in [0.25, 0.3) is 0 Å². The van der Waals surface area contributed by atoms with Gasteiger partial charge in [-0.3, -0.25) is 9.59 Å². The zero-order valence-electron chi connectivity index (χ0n) is 21.4. The number of benzene rings is 2. The van der Waals surface area contributed by atoms with E-state index < -0.39 is 10.2 Å². The van der Waals surface area contributed by atoms with Crippen molar-refractivity contribution in [2.75, 3.05) is 37.6 Å². The molecule has 1 saturated heterocycles. The molecule has 0 aromatic heterocycles. The van der Waals surface area contributed by atoms with Gasteiger partial charge in [-0.1, -0.05) is 43.7 Å². The van der Waals surface area contributed by atoms with Crippen molar-refractivity contribution in [3.63, 3.8) is 0 Å². The maximum absolute atomic E-state index is 13.0. The number of nitrogens with one attached hydrogen (secondary N) is 1. The Labute approximate surface area is 214 Å². The number of amides is 2. The summed E-state index contributed by atoms with van der Waals surface area (Å²) in [6, 6.07) is 13.6. The molecule has 2 heterocycles. The van der Waals surface area contributed by atoms with E-state index in [-0.39, 0.29) is 17.7 Å². The van der Waals surface area contributed by atoms with Crippen LogP contribution in [0.5, 0.6) is 0 Å². The molecule has 2 aromatic carbocycles. The van der Waals surface area contributed by atoms with E-state index in [1.165, 1.54) is 8.61 Å². The number of hydrogen-bond acceptors (Lipinski definition) is 4. The fourth-order valence-corrected chi connectivity index (χ4v) is 6.76. The molecule has 2 amide bonds. The molecule has 4 rings (SSSR count). The van der Waals surface area contributed by atoms with Gasteiger partial charge in [-0.05, 0) is 55.5 Å². The van der Waals surface area contributed by atoms with E-state index in [0.717, 1.165) is 28.8 Å². The molecule has 0 radical (unpaired) electrons. The Kier molecular flexibility index (Phi) is 8.12. The predicted molar refractivity (Wildman–Crippen MR) is 141 cm³/mol. The number of nitrogens with zero attached hydrogens (tertiary/aromatic N) is 3. The number of piperidine rings is 1. The highest BCUT2D eigenvalue weighted by Crippen LogP contribution is 2.30. The molecular weight excluding hydrogens is 476 g/mol. The zero-order chi connectivity index (χ0) is 25.9. The molecule has 2 aliphatic heterocycles. The molecule has 2 aromatic rings. The van der Waals surface area contributed by atoms with Crippen LogP contribution in [0.2, 0.25) is 0 Å². The first-order valence-electron chi connectivity index (χ1n) is 12.8. The third-order valence-electron chi connectivity index (χ3n) is 7.20. The van der Waals surface area contributed by atoms with E-state index in [0.29, 0.717) is 57.7 Å². The lowest BCUT2D eigenvalue weighted by atomic mass is 9.97. The van der Waals surface area contributed by atoms with Crippen LogP contribution < -0.4 is 10.2 Å². The first-order valence-corrected chi connectivity index (χ1v) is 14.2. The molecule has 2 aliphatic rings. The van der Waals surface area contributed by atoms with E-state index in [1.54, 1.807) is 0 Å². The Morgan fingerprint density at radius 3 is 2.42 bits per heavy atom. The Morgan fingerprint density at radius 1 is 1.03 bits per heavy atom. The SMILES string of the molecule is CCN(CC)S(=O)(=O)N1CCC(C(=O)NCc2ccc3c(c2)CCN3C(=O)c2cccc(C)c2)CC1. The number of carbonyl (C=O) groups is 2. The first-order chi connectivity index (χ1) is 17.2. The lowest BCUT2D eigenvalue weighted by Gasteiger charge is -2.33. The molecule has 8 nitrogen and oxygen atoms in total. The van der Waals surface area contributed by atoms with Crippen molar-refractivity contribution in [3.8, 4) is 0 Å². The molecule has 0 bridgehead atoms. The number of anilines is 1. The van der Waals surface area contributed by atoms with Crippen LogP contribution in [-0.2, 0) is 28.0 Å². The van der Waals surface area contributed by atoms with E-state index in [2.05, 4.69) is 11.4 Å².